The minimum absolute atomic E-state index is 0.0877. The average molecular weight is 389 g/mol. The molecule has 1 aliphatic heterocycles. The summed E-state index contributed by atoms with van der Waals surface area (Å²) in [5.74, 6) is -0.379. The maximum Gasteiger partial charge on any atom is 0.573 e. The van der Waals surface area contributed by atoms with E-state index in [1.54, 1.807) is 22.8 Å². The Hall–Kier alpha value is -3.49. The molecule has 6 nitrogen and oxygen atoms in total. The highest BCUT2D eigenvalue weighted by Gasteiger charge is 2.32. The molecule has 0 saturated heterocycles. The molecule has 4 rings (SSSR count). The first-order valence-electron chi connectivity index (χ1n) is 8.32. The predicted octanol–water partition coefficient (Wildman–Crippen LogP) is 3.95. The van der Waals surface area contributed by atoms with Crippen LogP contribution in [-0.4, -0.2) is 26.9 Å². The molecule has 3 aromatic rings. The summed E-state index contributed by atoms with van der Waals surface area (Å²) in [6.45, 7) is 0. The van der Waals surface area contributed by atoms with E-state index >= 15 is 0 Å². The Balaban J connectivity index is 1.69. The van der Waals surface area contributed by atoms with Crippen molar-refractivity contribution in [2.24, 2.45) is 0 Å². The molecule has 144 valence electrons. The molecule has 2 N–H and O–H groups in total. The van der Waals surface area contributed by atoms with Crippen LogP contribution in [0.3, 0.4) is 0 Å². The number of benzene rings is 2. The van der Waals surface area contributed by atoms with Gasteiger partial charge in [-0.05, 0) is 42.0 Å². The molecule has 0 bridgehead atoms. The largest absolute Gasteiger partial charge is 0.573 e. The lowest BCUT2D eigenvalue weighted by Crippen LogP contribution is -2.24. The summed E-state index contributed by atoms with van der Waals surface area (Å²) in [5.41, 5.74) is 1.87. The Morgan fingerprint density at radius 2 is 1.93 bits per heavy atom. The Bertz CT molecular complexity index is 1030. The van der Waals surface area contributed by atoms with Crippen molar-refractivity contribution in [3.8, 4) is 17.2 Å². The molecule has 2 aromatic carbocycles. The molecular formula is C19H14F3N3O3. The number of carbonyl (C=O) groups is 1. The Morgan fingerprint density at radius 3 is 2.61 bits per heavy atom. The number of rotatable bonds is 3. The van der Waals surface area contributed by atoms with Crippen LogP contribution < -0.4 is 10.1 Å². The molecule has 1 amide bonds. The number of hydrogen-bond acceptors (Lipinski definition) is 4. The number of alkyl halides is 3. The minimum atomic E-state index is -4.77. The third-order valence-electron chi connectivity index (χ3n) is 4.39. The monoisotopic (exact) mass is 389 g/mol. The van der Waals surface area contributed by atoms with Crippen LogP contribution in [0, 0.1) is 0 Å². The molecule has 0 radical (unpaired) electrons. The highest BCUT2D eigenvalue weighted by molar-refractivity contribution is 5.94. The van der Waals surface area contributed by atoms with Crippen molar-refractivity contribution in [3.05, 3.63) is 66.1 Å². The van der Waals surface area contributed by atoms with Crippen molar-refractivity contribution >= 4 is 11.7 Å². The van der Waals surface area contributed by atoms with Crippen LogP contribution in [0.5, 0.6) is 11.5 Å². The fourth-order valence-corrected chi connectivity index (χ4v) is 3.23. The third-order valence-corrected chi connectivity index (χ3v) is 4.39. The van der Waals surface area contributed by atoms with E-state index in [0.29, 0.717) is 17.2 Å². The first-order valence-corrected chi connectivity index (χ1v) is 8.32. The highest BCUT2D eigenvalue weighted by Crippen LogP contribution is 2.38. The Labute approximate surface area is 157 Å². The van der Waals surface area contributed by atoms with Gasteiger partial charge in [-0.25, -0.2) is 4.98 Å². The lowest BCUT2D eigenvalue weighted by molar-refractivity contribution is -0.274. The number of phenolic OH excluding ortho intramolecular Hbond substituents is 1. The van der Waals surface area contributed by atoms with Crippen molar-refractivity contribution in [2.75, 3.05) is 5.32 Å². The fraction of sp³-hybridized carbons (Fsp3) is 0.158. The smallest absolute Gasteiger partial charge is 0.508 e. The van der Waals surface area contributed by atoms with E-state index in [1.165, 1.54) is 36.7 Å². The summed E-state index contributed by atoms with van der Waals surface area (Å²) in [5, 5.41) is 12.5. The van der Waals surface area contributed by atoms with Crippen LogP contribution in [0.15, 0.2) is 54.9 Å². The summed E-state index contributed by atoms with van der Waals surface area (Å²) in [4.78, 5) is 16.6. The summed E-state index contributed by atoms with van der Waals surface area (Å²) < 4.78 is 42.4. The number of carbonyl (C=O) groups excluding carboxylic acids is 1. The number of amides is 1. The molecule has 1 atom stereocenters. The Morgan fingerprint density at radius 1 is 1.18 bits per heavy atom. The normalized spacial score (nSPS) is 16.4. The number of nitrogens with one attached hydrogen (secondary N) is 1. The minimum Gasteiger partial charge on any atom is -0.508 e. The van der Waals surface area contributed by atoms with E-state index in [0.717, 1.165) is 5.56 Å². The molecule has 0 aliphatic carbocycles. The number of aromatic nitrogens is 2. The van der Waals surface area contributed by atoms with Crippen LogP contribution in [0.2, 0.25) is 0 Å². The number of halogens is 3. The Kier molecular flexibility index (Phi) is 4.21. The van der Waals surface area contributed by atoms with Crippen LogP contribution in [-0.2, 0) is 4.79 Å². The predicted molar refractivity (Wildman–Crippen MR) is 93.4 cm³/mol. The molecule has 0 fully saturated rings. The van der Waals surface area contributed by atoms with Crippen LogP contribution >= 0.6 is 0 Å². The summed E-state index contributed by atoms with van der Waals surface area (Å²) >= 11 is 0. The number of nitrogens with zero attached hydrogens (tertiary/aromatic N) is 2. The zero-order valence-corrected chi connectivity index (χ0v) is 14.3. The molecule has 28 heavy (non-hydrogen) atoms. The van der Waals surface area contributed by atoms with Gasteiger partial charge in [0, 0.05) is 18.0 Å². The van der Waals surface area contributed by atoms with Crippen molar-refractivity contribution in [1.29, 1.82) is 0 Å². The molecular weight excluding hydrogens is 375 g/mol. The van der Waals surface area contributed by atoms with Gasteiger partial charge in [0.25, 0.3) is 0 Å². The van der Waals surface area contributed by atoms with E-state index in [4.69, 9.17) is 0 Å². The van der Waals surface area contributed by atoms with Gasteiger partial charge >= 0.3 is 6.36 Å². The number of hydrogen-bond donors (Lipinski definition) is 2. The quantitative estimate of drug-likeness (QED) is 0.711. The number of imidazole rings is 1. The standard InChI is InChI=1S/C19H14F3N3O3/c20-19(21,22)28-14-6-4-12(5-7-14)25-10-23-17-15(9-16(27)24-18(17)25)11-2-1-3-13(26)8-11/h1-8,10,15,26H,9H2,(H,24,27)/t15-/m1/s1. The van der Waals surface area contributed by atoms with Crippen molar-refractivity contribution in [3.63, 3.8) is 0 Å². The number of fused-ring (bicyclic) bond motifs is 1. The van der Waals surface area contributed by atoms with Crippen molar-refractivity contribution in [1.82, 2.24) is 9.55 Å². The molecule has 0 spiro atoms. The lowest BCUT2D eigenvalue weighted by atomic mass is 9.90. The lowest BCUT2D eigenvalue weighted by Gasteiger charge is -2.23. The van der Waals surface area contributed by atoms with Gasteiger partial charge in [-0.1, -0.05) is 12.1 Å². The second kappa shape index (κ2) is 6.59. The van der Waals surface area contributed by atoms with Gasteiger partial charge < -0.3 is 15.2 Å². The molecule has 0 unspecified atom stereocenters. The molecule has 2 heterocycles. The highest BCUT2D eigenvalue weighted by atomic mass is 19.4. The van der Waals surface area contributed by atoms with Gasteiger partial charge in [-0.2, -0.15) is 0 Å². The van der Waals surface area contributed by atoms with Crippen molar-refractivity contribution < 1.29 is 27.8 Å². The van der Waals surface area contributed by atoms with Gasteiger partial charge in [0.05, 0.1) is 5.69 Å². The fourth-order valence-electron chi connectivity index (χ4n) is 3.23. The maximum atomic E-state index is 12.3. The van der Waals surface area contributed by atoms with E-state index in [1.807, 2.05) is 0 Å². The average Bonchev–Trinajstić information content (AvgIpc) is 3.04. The summed E-state index contributed by atoms with van der Waals surface area (Å²) in [6, 6.07) is 11.9. The van der Waals surface area contributed by atoms with Gasteiger partial charge in [-0.3, -0.25) is 9.36 Å². The second-order valence-corrected chi connectivity index (χ2v) is 6.29. The van der Waals surface area contributed by atoms with E-state index in [-0.39, 0.29) is 29.7 Å². The van der Waals surface area contributed by atoms with E-state index in [9.17, 15) is 23.1 Å². The molecule has 0 saturated carbocycles. The third kappa shape index (κ3) is 3.51. The topological polar surface area (TPSA) is 76.4 Å². The van der Waals surface area contributed by atoms with E-state index in [2.05, 4.69) is 15.0 Å². The number of ether oxygens (including phenoxy) is 1. The van der Waals surface area contributed by atoms with Gasteiger partial charge in [0.2, 0.25) is 5.91 Å². The number of anilines is 1. The molecule has 1 aromatic heterocycles. The maximum absolute atomic E-state index is 12.3. The summed E-state index contributed by atoms with van der Waals surface area (Å²) in [6.07, 6.45) is -3.10. The number of phenols is 1. The first kappa shape index (κ1) is 17.9. The van der Waals surface area contributed by atoms with Gasteiger partial charge in [0.15, 0.2) is 0 Å². The second-order valence-electron chi connectivity index (χ2n) is 6.29. The van der Waals surface area contributed by atoms with Gasteiger partial charge in [-0.15, -0.1) is 13.2 Å². The van der Waals surface area contributed by atoms with E-state index < -0.39 is 6.36 Å². The zero-order chi connectivity index (χ0) is 19.9. The van der Waals surface area contributed by atoms with Crippen molar-refractivity contribution in [2.45, 2.75) is 18.7 Å². The number of aromatic hydroxyl groups is 1. The SMILES string of the molecule is O=C1C[C@H](c2cccc(O)c2)c2ncn(-c3ccc(OC(F)(F)F)cc3)c2N1. The van der Waals surface area contributed by atoms with Gasteiger partial charge in [0.1, 0.15) is 23.6 Å². The summed E-state index contributed by atoms with van der Waals surface area (Å²) in [7, 11) is 0. The molecule has 1 aliphatic rings. The zero-order valence-electron chi connectivity index (χ0n) is 14.3. The van der Waals surface area contributed by atoms with Crippen LogP contribution in [0.25, 0.3) is 5.69 Å². The first-order chi connectivity index (χ1) is 13.3. The van der Waals surface area contributed by atoms with Crippen LogP contribution in [0.1, 0.15) is 23.6 Å². The van der Waals surface area contributed by atoms with Crippen LogP contribution in [0.4, 0.5) is 19.0 Å². The molecule has 9 heteroatoms.